The monoisotopic (exact) mass is 320 g/mol. The SMILES string of the molecule is CN(C)CCN(CC(=O)O)C(=O)c1cc(Cl)nnc1Cl. The van der Waals surface area contributed by atoms with E-state index in [2.05, 4.69) is 10.2 Å². The smallest absolute Gasteiger partial charge is 0.323 e. The summed E-state index contributed by atoms with van der Waals surface area (Å²) in [5, 5.41) is 15.8. The quantitative estimate of drug-likeness (QED) is 0.837. The van der Waals surface area contributed by atoms with E-state index in [9.17, 15) is 9.59 Å². The van der Waals surface area contributed by atoms with E-state index in [1.807, 2.05) is 19.0 Å². The van der Waals surface area contributed by atoms with Crippen LogP contribution < -0.4 is 0 Å². The van der Waals surface area contributed by atoms with Crippen LogP contribution in [0.1, 0.15) is 10.4 Å². The van der Waals surface area contributed by atoms with Gasteiger partial charge in [0.25, 0.3) is 5.91 Å². The van der Waals surface area contributed by atoms with Crippen LogP contribution in [0.5, 0.6) is 0 Å². The molecule has 0 unspecified atom stereocenters. The molecule has 1 aromatic rings. The summed E-state index contributed by atoms with van der Waals surface area (Å²) in [6.45, 7) is 0.334. The number of rotatable bonds is 6. The highest BCUT2D eigenvalue weighted by Crippen LogP contribution is 2.17. The van der Waals surface area contributed by atoms with Crippen LogP contribution in [0.15, 0.2) is 6.07 Å². The van der Waals surface area contributed by atoms with Crippen molar-refractivity contribution in [2.45, 2.75) is 0 Å². The lowest BCUT2D eigenvalue weighted by Gasteiger charge is -2.22. The fourth-order valence-electron chi connectivity index (χ4n) is 1.41. The number of amides is 1. The minimum Gasteiger partial charge on any atom is -0.480 e. The van der Waals surface area contributed by atoms with Crippen molar-refractivity contribution in [1.29, 1.82) is 0 Å². The van der Waals surface area contributed by atoms with Crippen molar-refractivity contribution in [3.63, 3.8) is 0 Å². The molecule has 0 saturated carbocycles. The maximum atomic E-state index is 12.3. The first-order valence-corrected chi connectivity index (χ1v) is 6.41. The van der Waals surface area contributed by atoms with E-state index < -0.39 is 18.4 Å². The van der Waals surface area contributed by atoms with Gasteiger partial charge >= 0.3 is 5.97 Å². The van der Waals surface area contributed by atoms with Gasteiger partial charge in [-0.3, -0.25) is 9.59 Å². The molecule has 0 aromatic carbocycles. The molecule has 0 fully saturated rings. The number of halogens is 2. The highest BCUT2D eigenvalue weighted by Gasteiger charge is 2.22. The average Bonchev–Trinajstić information content (AvgIpc) is 2.36. The Hall–Kier alpha value is -1.44. The van der Waals surface area contributed by atoms with Gasteiger partial charge in [-0.1, -0.05) is 23.2 Å². The molecule has 0 aliphatic carbocycles. The Morgan fingerprint density at radius 3 is 2.45 bits per heavy atom. The van der Waals surface area contributed by atoms with Gasteiger partial charge in [-0.2, -0.15) is 0 Å². The molecule has 9 heteroatoms. The predicted molar refractivity (Wildman–Crippen MR) is 74.1 cm³/mol. The van der Waals surface area contributed by atoms with E-state index in [1.54, 1.807) is 0 Å². The molecule has 0 radical (unpaired) electrons. The van der Waals surface area contributed by atoms with Crippen LogP contribution in [-0.2, 0) is 4.79 Å². The second-order valence-corrected chi connectivity index (χ2v) is 5.04. The van der Waals surface area contributed by atoms with Gasteiger partial charge in [-0.05, 0) is 20.2 Å². The molecule has 0 saturated heterocycles. The number of carboxylic acid groups (broad SMARTS) is 1. The molecule has 0 spiro atoms. The van der Waals surface area contributed by atoms with Crippen molar-refractivity contribution >= 4 is 35.1 Å². The third kappa shape index (κ3) is 4.92. The molecule has 1 heterocycles. The van der Waals surface area contributed by atoms with Crippen molar-refractivity contribution < 1.29 is 14.7 Å². The van der Waals surface area contributed by atoms with Crippen LogP contribution in [0, 0.1) is 0 Å². The summed E-state index contributed by atoms with van der Waals surface area (Å²) >= 11 is 11.5. The van der Waals surface area contributed by atoms with Gasteiger partial charge in [-0.15, -0.1) is 10.2 Å². The van der Waals surface area contributed by atoms with E-state index in [-0.39, 0.29) is 22.4 Å². The van der Waals surface area contributed by atoms with Gasteiger partial charge in [-0.25, -0.2) is 0 Å². The number of hydrogen-bond acceptors (Lipinski definition) is 5. The highest BCUT2D eigenvalue weighted by molar-refractivity contribution is 6.34. The summed E-state index contributed by atoms with van der Waals surface area (Å²) in [6, 6.07) is 1.27. The van der Waals surface area contributed by atoms with Crippen molar-refractivity contribution in [1.82, 2.24) is 20.0 Å². The van der Waals surface area contributed by atoms with Gasteiger partial charge in [0.2, 0.25) is 0 Å². The fourth-order valence-corrected chi connectivity index (χ4v) is 1.73. The van der Waals surface area contributed by atoms with Crippen molar-refractivity contribution in [2.24, 2.45) is 0 Å². The van der Waals surface area contributed by atoms with Crippen LogP contribution in [0.2, 0.25) is 10.3 Å². The Morgan fingerprint density at radius 1 is 1.25 bits per heavy atom. The zero-order valence-corrected chi connectivity index (χ0v) is 12.5. The summed E-state index contributed by atoms with van der Waals surface area (Å²) in [6.07, 6.45) is 0. The number of carbonyl (C=O) groups excluding carboxylic acids is 1. The number of aromatic nitrogens is 2. The van der Waals surface area contributed by atoms with Crippen LogP contribution in [0.3, 0.4) is 0 Å². The largest absolute Gasteiger partial charge is 0.480 e. The molecule has 0 atom stereocenters. The molecule has 0 aliphatic heterocycles. The lowest BCUT2D eigenvalue weighted by atomic mass is 10.2. The van der Waals surface area contributed by atoms with Crippen molar-refractivity contribution in [2.75, 3.05) is 33.7 Å². The molecule has 7 nitrogen and oxygen atoms in total. The third-order valence-electron chi connectivity index (χ3n) is 2.38. The summed E-state index contributed by atoms with van der Waals surface area (Å²) < 4.78 is 0. The van der Waals surface area contributed by atoms with Gasteiger partial charge in [0, 0.05) is 13.1 Å². The number of aliphatic carboxylic acids is 1. The second-order valence-electron chi connectivity index (χ2n) is 4.30. The number of likely N-dealkylation sites (N-methyl/N-ethyl adjacent to an activating group) is 1. The zero-order valence-electron chi connectivity index (χ0n) is 11.0. The molecule has 1 amide bonds. The summed E-state index contributed by atoms with van der Waals surface area (Å²) in [4.78, 5) is 26.1. The molecule has 1 N–H and O–H groups in total. The maximum Gasteiger partial charge on any atom is 0.323 e. The molecular weight excluding hydrogens is 307 g/mol. The molecule has 1 aromatic heterocycles. The molecular formula is C11H14Cl2N4O3. The third-order valence-corrected chi connectivity index (χ3v) is 2.84. The van der Waals surface area contributed by atoms with Crippen LogP contribution >= 0.6 is 23.2 Å². The predicted octanol–water partition coefficient (Wildman–Crippen LogP) is 0.872. The number of carboxylic acids is 1. The Balaban J connectivity index is 2.96. The van der Waals surface area contributed by atoms with Crippen LogP contribution in [0.4, 0.5) is 0 Å². The molecule has 0 aliphatic rings. The lowest BCUT2D eigenvalue weighted by Crippen LogP contribution is -2.40. The maximum absolute atomic E-state index is 12.3. The first-order valence-electron chi connectivity index (χ1n) is 5.65. The van der Waals surface area contributed by atoms with E-state index in [0.717, 1.165) is 0 Å². The lowest BCUT2D eigenvalue weighted by molar-refractivity contribution is -0.137. The Labute approximate surface area is 126 Å². The second kappa shape index (κ2) is 7.37. The topological polar surface area (TPSA) is 86.6 Å². The van der Waals surface area contributed by atoms with Crippen LogP contribution in [-0.4, -0.2) is 70.7 Å². The minimum absolute atomic E-state index is 0.0145. The minimum atomic E-state index is -1.11. The first-order chi connectivity index (χ1) is 9.31. The van der Waals surface area contributed by atoms with Gasteiger partial charge in [0.05, 0.1) is 5.56 Å². The summed E-state index contributed by atoms with van der Waals surface area (Å²) in [7, 11) is 3.64. The van der Waals surface area contributed by atoms with Gasteiger partial charge in [0.15, 0.2) is 10.3 Å². The standard InChI is InChI=1S/C11H14Cl2N4O3/c1-16(2)3-4-17(6-9(18)19)11(20)7-5-8(12)14-15-10(7)13/h5H,3-4,6H2,1-2H3,(H,18,19). The number of nitrogens with zero attached hydrogens (tertiary/aromatic N) is 4. The van der Waals surface area contributed by atoms with E-state index >= 15 is 0 Å². The van der Waals surface area contributed by atoms with Gasteiger partial charge < -0.3 is 14.9 Å². The Bertz CT molecular complexity index is 510. The fraction of sp³-hybridized carbons (Fsp3) is 0.455. The van der Waals surface area contributed by atoms with Crippen molar-refractivity contribution in [3.8, 4) is 0 Å². The van der Waals surface area contributed by atoms with Crippen LogP contribution in [0.25, 0.3) is 0 Å². The molecule has 1 rings (SSSR count). The van der Waals surface area contributed by atoms with E-state index in [4.69, 9.17) is 28.3 Å². The summed E-state index contributed by atoms with van der Waals surface area (Å²) in [5.41, 5.74) is 0.0340. The zero-order chi connectivity index (χ0) is 15.3. The molecule has 0 bridgehead atoms. The Morgan fingerprint density at radius 2 is 1.90 bits per heavy atom. The number of hydrogen-bond donors (Lipinski definition) is 1. The molecule has 20 heavy (non-hydrogen) atoms. The highest BCUT2D eigenvalue weighted by atomic mass is 35.5. The van der Waals surface area contributed by atoms with Gasteiger partial charge in [0.1, 0.15) is 6.54 Å². The number of carbonyl (C=O) groups is 2. The van der Waals surface area contributed by atoms with Crippen molar-refractivity contribution in [3.05, 3.63) is 21.9 Å². The molecule has 110 valence electrons. The van der Waals surface area contributed by atoms with E-state index in [0.29, 0.717) is 6.54 Å². The summed E-state index contributed by atoms with van der Waals surface area (Å²) in [5.74, 6) is -1.66. The Kier molecular flexibility index (Phi) is 6.12. The normalized spacial score (nSPS) is 10.7. The first kappa shape index (κ1) is 16.6. The van der Waals surface area contributed by atoms with E-state index in [1.165, 1.54) is 11.0 Å². The average molecular weight is 321 g/mol.